The van der Waals surface area contributed by atoms with E-state index in [0.29, 0.717) is 31.0 Å². The Morgan fingerprint density at radius 2 is 1.94 bits per heavy atom. The second kappa shape index (κ2) is 10.3. The SMILES string of the molecule is O=C(CC1CCCC1)N[C@@H](c1ccccn1)[C@H]1CCCN(Cc2cccc(F)c2F)C1. The molecule has 31 heavy (non-hydrogen) atoms. The summed E-state index contributed by atoms with van der Waals surface area (Å²) in [5.74, 6) is -0.820. The molecule has 4 nitrogen and oxygen atoms in total. The predicted octanol–water partition coefficient (Wildman–Crippen LogP) is 5.01. The third kappa shape index (κ3) is 5.67. The zero-order valence-electron chi connectivity index (χ0n) is 17.9. The summed E-state index contributed by atoms with van der Waals surface area (Å²) in [5, 5.41) is 3.27. The molecule has 1 saturated carbocycles. The van der Waals surface area contributed by atoms with E-state index in [1.54, 1.807) is 18.3 Å². The van der Waals surface area contributed by atoms with Crippen molar-refractivity contribution in [3.63, 3.8) is 0 Å². The molecule has 1 N–H and O–H groups in total. The number of pyridine rings is 1. The average molecular weight is 428 g/mol. The van der Waals surface area contributed by atoms with E-state index in [-0.39, 0.29) is 17.9 Å². The molecular formula is C25H31F2N3O. The van der Waals surface area contributed by atoms with Crippen LogP contribution in [-0.4, -0.2) is 28.9 Å². The standard InChI is InChI=1S/C25H31F2N3O/c26-21-11-5-9-19(24(21)27)16-30-14-6-10-20(17-30)25(22-12-3-4-13-28-22)29-23(31)15-18-7-1-2-8-18/h3-5,9,11-13,18,20,25H,1-2,6-8,10,14-17H2,(H,29,31)/t20-,25+/m0/s1. The number of carbonyl (C=O) groups excluding carboxylic acids is 1. The van der Waals surface area contributed by atoms with E-state index in [9.17, 15) is 13.6 Å². The van der Waals surface area contributed by atoms with E-state index in [0.717, 1.165) is 44.0 Å². The van der Waals surface area contributed by atoms with E-state index in [4.69, 9.17) is 0 Å². The van der Waals surface area contributed by atoms with Crippen molar-refractivity contribution in [2.45, 2.75) is 57.5 Å². The summed E-state index contributed by atoms with van der Waals surface area (Å²) in [7, 11) is 0. The van der Waals surface area contributed by atoms with Crippen LogP contribution in [0.2, 0.25) is 0 Å². The summed E-state index contributed by atoms with van der Waals surface area (Å²) in [6.45, 7) is 1.91. The number of nitrogens with one attached hydrogen (secondary N) is 1. The Labute approximate surface area is 183 Å². The molecule has 0 bridgehead atoms. The first-order valence-corrected chi connectivity index (χ1v) is 11.5. The predicted molar refractivity (Wildman–Crippen MR) is 116 cm³/mol. The van der Waals surface area contributed by atoms with Crippen LogP contribution in [0, 0.1) is 23.5 Å². The van der Waals surface area contributed by atoms with Gasteiger partial charge in [-0.2, -0.15) is 0 Å². The number of nitrogens with zero attached hydrogens (tertiary/aromatic N) is 2. The number of amides is 1. The summed E-state index contributed by atoms with van der Waals surface area (Å²) in [4.78, 5) is 19.5. The van der Waals surface area contributed by atoms with Crippen LogP contribution in [0.25, 0.3) is 0 Å². The molecule has 2 atom stereocenters. The fourth-order valence-electron chi connectivity index (χ4n) is 5.12. The molecule has 166 valence electrons. The number of carbonyl (C=O) groups is 1. The molecule has 1 aromatic carbocycles. The highest BCUT2D eigenvalue weighted by Crippen LogP contribution is 2.32. The molecule has 1 amide bonds. The second-order valence-corrected chi connectivity index (χ2v) is 9.00. The molecule has 2 fully saturated rings. The highest BCUT2D eigenvalue weighted by Gasteiger charge is 2.31. The van der Waals surface area contributed by atoms with Crippen molar-refractivity contribution in [2.24, 2.45) is 11.8 Å². The number of benzene rings is 1. The van der Waals surface area contributed by atoms with Gasteiger partial charge in [0, 0.05) is 31.3 Å². The second-order valence-electron chi connectivity index (χ2n) is 9.00. The van der Waals surface area contributed by atoms with Gasteiger partial charge in [-0.3, -0.25) is 14.7 Å². The van der Waals surface area contributed by atoms with Gasteiger partial charge in [-0.05, 0) is 62.3 Å². The molecule has 0 unspecified atom stereocenters. The smallest absolute Gasteiger partial charge is 0.220 e. The Kier molecular flexibility index (Phi) is 7.28. The van der Waals surface area contributed by atoms with Gasteiger partial charge < -0.3 is 5.32 Å². The van der Waals surface area contributed by atoms with E-state index >= 15 is 0 Å². The lowest BCUT2D eigenvalue weighted by Gasteiger charge is -2.37. The van der Waals surface area contributed by atoms with E-state index in [1.165, 1.54) is 12.8 Å². The van der Waals surface area contributed by atoms with Crippen molar-refractivity contribution in [2.75, 3.05) is 13.1 Å². The van der Waals surface area contributed by atoms with E-state index in [1.807, 2.05) is 18.2 Å². The monoisotopic (exact) mass is 427 g/mol. The van der Waals surface area contributed by atoms with Crippen LogP contribution in [0.15, 0.2) is 42.6 Å². The maximum absolute atomic E-state index is 14.2. The van der Waals surface area contributed by atoms with Gasteiger partial charge in [0.05, 0.1) is 11.7 Å². The molecule has 0 spiro atoms. The average Bonchev–Trinajstić information content (AvgIpc) is 3.29. The largest absolute Gasteiger partial charge is 0.347 e. The van der Waals surface area contributed by atoms with Crippen LogP contribution in [0.5, 0.6) is 0 Å². The van der Waals surface area contributed by atoms with Crippen LogP contribution >= 0.6 is 0 Å². The minimum Gasteiger partial charge on any atom is -0.347 e. The summed E-state index contributed by atoms with van der Waals surface area (Å²) in [6, 6.07) is 9.95. The van der Waals surface area contributed by atoms with Crippen molar-refractivity contribution >= 4 is 5.91 Å². The number of halogens is 2. The summed E-state index contributed by atoms with van der Waals surface area (Å²) in [5.41, 5.74) is 1.24. The molecule has 2 heterocycles. The lowest BCUT2D eigenvalue weighted by molar-refractivity contribution is -0.123. The maximum Gasteiger partial charge on any atom is 0.220 e. The zero-order chi connectivity index (χ0) is 21.6. The number of hydrogen-bond donors (Lipinski definition) is 1. The van der Waals surface area contributed by atoms with Crippen molar-refractivity contribution in [3.8, 4) is 0 Å². The molecule has 2 aliphatic rings. The number of aromatic nitrogens is 1. The van der Waals surface area contributed by atoms with Crippen LogP contribution in [0.3, 0.4) is 0 Å². The first-order valence-electron chi connectivity index (χ1n) is 11.5. The molecule has 6 heteroatoms. The number of piperidine rings is 1. The number of rotatable bonds is 7. The number of likely N-dealkylation sites (tertiary alicyclic amines) is 1. The van der Waals surface area contributed by atoms with Gasteiger partial charge in [0.2, 0.25) is 5.91 Å². The molecule has 4 rings (SSSR count). The van der Waals surface area contributed by atoms with Gasteiger partial charge >= 0.3 is 0 Å². The Bertz CT molecular complexity index is 870. The summed E-state index contributed by atoms with van der Waals surface area (Å²) in [6.07, 6.45) is 8.96. The number of hydrogen-bond acceptors (Lipinski definition) is 3. The Morgan fingerprint density at radius 1 is 1.10 bits per heavy atom. The minimum atomic E-state index is -0.809. The van der Waals surface area contributed by atoms with Gasteiger partial charge in [-0.25, -0.2) is 8.78 Å². The van der Waals surface area contributed by atoms with Gasteiger partial charge in [0.15, 0.2) is 11.6 Å². The van der Waals surface area contributed by atoms with Crippen molar-refractivity contribution in [1.29, 1.82) is 0 Å². The molecule has 1 aliphatic heterocycles. The van der Waals surface area contributed by atoms with E-state index < -0.39 is 11.6 Å². The lowest BCUT2D eigenvalue weighted by atomic mass is 9.87. The maximum atomic E-state index is 14.2. The Balaban J connectivity index is 1.46. The van der Waals surface area contributed by atoms with Crippen molar-refractivity contribution < 1.29 is 13.6 Å². The van der Waals surface area contributed by atoms with Gasteiger partial charge in [-0.1, -0.05) is 31.0 Å². The lowest BCUT2D eigenvalue weighted by Crippen LogP contribution is -2.43. The van der Waals surface area contributed by atoms with Crippen LogP contribution in [-0.2, 0) is 11.3 Å². The molecular weight excluding hydrogens is 396 g/mol. The highest BCUT2D eigenvalue weighted by atomic mass is 19.2. The normalized spacial score (nSPS) is 21.2. The molecule has 0 radical (unpaired) electrons. The third-order valence-corrected chi connectivity index (χ3v) is 6.71. The Hall–Kier alpha value is -2.34. The van der Waals surface area contributed by atoms with Crippen molar-refractivity contribution in [3.05, 3.63) is 65.5 Å². The first kappa shape index (κ1) is 21.9. The molecule has 2 aromatic rings. The highest BCUT2D eigenvalue weighted by molar-refractivity contribution is 5.76. The first-order chi connectivity index (χ1) is 15.1. The van der Waals surface area contributed by atoms with E-state index in [2.05, 4.69) is 15.2 Å². The summed E-state index contributed by atoms with van der Waals surface area (Å²) < 4.78 is 27.8. The summed E-state index contributed by atoms with van der Waals surface area (Å²) >= 11 is 0. The topological polar surface area (TPSA) is 45.2 Å². The van der Waals surface area contributed by atoms with Crippen LogP contribution < -0.4 is 5.32 Å². The quantitative estimate of drug-likeness (QED) is 0.676. The zero-order valence-corrected chi connectivity index (χ0v) is 17.9. The van der Waals surface area contributed by atoms with Gasteiger partial charge in [0.25, 0.3) is 0 Å². The fourth-order valence-corrected chi connectivity index (χ4v) is 5.12. The fraction of sp³-hybridized carbons (Fsp3) is 0.520. The van der Waals surface area contributed by atoms with Crippen LogP contribution in [0.1, 0.15) is 62.2 Å². The molecule has 1 aromatic heterocycles. The molecule has 1 saturated heterocycles. The minimum absolute atomic E-state index is 0.0934. The van der Waals surface area contributed by atoms with Gasteiger partial charge in [0.1, 0.15) is 0 Å². The van der Waals surface area contributed by atoms with Crippen LogP contribution in [0.4, 0.5) is 8.78 Å². The van der Waals surface area contributed by atoms with Gasteiger partial charge in [-0.15, -0.1) is 0 Å². The molecule has 1 aliphatic carbocycles. The Morgan fingerprint density at radius 3 is 2.71 bits per heavy atom. The van der Waals surface area contributed by atoms with Crippen molar-refractivity contribution in [1.82, 2.24) is 15.2 Å². The third-order valence-electron chi connectivity index (χ3n) is 6.71.